The first-order valence-corrected chi connectivity index (χ1v) is 16.9. The molecule has 2 aromatic rings. The zero-order valence-electron chi connectivity index (χ0n) is 29.4. The van der Waals surface area contributed by atoms with Crippen LogP contribution in [0.1, 0.15) is 97.1 Å². The molecule has 4 aliphatic carbocycles. The second-order valence-corrected chi connectivity index (χ2v) is 15.1. The van der Waals surface area contributed by atoms with E-state index in [1.54, 1.807) is 0 Å². The lowest BCUT2D eigenvalue weighted by atomic mass is 9.56. The fraction of sp³-hybridized carbons (Fsp3) is 0.447. The summed E-state index contributed by atoms with van der Waals surface area (Å²) in [5.41, 5.74) is -11.3. The second-order valence-electron chi connectivity index (χ2n) is 15.1. The molecule has 0 bridgehead atoms. The lowest BCUT2D eigenvalue weighted by Crippen LogP contribution is -2.65. The van der Waals surface area contributed by atoms with Crippen LogP contribution in [0.4, 0.5) is 0 Å². The van der Waals surface area contributed by atoms with E-state index in [1.807, 2.05) is 0 Å². The molecule has 5 aliphatic rings. The number of ether oxygens (including phenoxy) is 3. The number of phenolic OH excluding ortho intramolecular Hbond substituents is 2. The molecule has 5 N–H and O–H groups in total. The maximum atomic E-state index is 14.3. The Bertz CT molecular complexity index is 2170. The number of carbonyl (C=O) groups is 7. The normalized spacial score (nSPS) is 33.9. The Balaban J connectivity index is 1.35. The summed E-state index contributed by atoms with van der Waals surface area (Å²) >= 11 is 0. The number of phenols is 2. The second kappa shape index (κ2) is 11.2. The van der Waals surface area contributed by atoms with Gasteiger partial charge >= 0.3 is 11.9 Å². The summed E-state index contributed by atoms with van der Waals surface area (Å²) in [7, 11) is 0. The van der Waals surface area contributed by atoms with Crippen molar-refractivity contribution in [2.45, 2.75) is 95.1 Å². The standard InChI is InChI=1S/C38H36O15/c1-13(51-15(3)39)27-26-25(21(41)11-35(27,5)49)31(46)23-19(30(26)45)9-7-17(28(23)43)18-8-10-20-24(29(18)44)34(48)37-22(42)12-36(6,50)32(14(2)52-16(4)40)38(37,53-37)33(20)47/h7-10,13-14,27,32,34,43-44,48-50H,11-12H2,1-6H3/t13-,14+,27+,32-,34-,35-,36-,37-,38+/m0/s1. The Morgan fingerprint density at radius 1 is 0.774 bits per heavy atom. The highest BCUT2D eigenvalue weighted by Gasteiger charge is 2.90. The maximum absolute atomic E-state index is 14.3. The van der Waals surface area contributed by atoms with Crippen molar-refractivity contribution in [3.05, 3.63) is 57.7 Å². The number of Topliss-reactive ketones (excluding diaryl/α,β-unsaturated/α-hetero) is 5. The number of aromatic hydroxyl groups is 2. The average molecular weight is 733 g/mol. The minimum Gasteiger partial charge on any atom is -0.507 e. The summed E-state index contributed by atoms with van der Waals surface area (Å²) in [6.07, 6.45) is -5.49. The first kappa shape index (κ1) is 36.3. The number of hydrogen-bond donors (Lipinski definition) is 5. The van der Waals surface area contributed by atoms with Crippen molar-refractivity contribution in [2.24, 2.45) is 11.8 Å². The van der Waals surface area contributed by atoms with Crippen molar-refractivity contribution >= 4 is 40.9 Å². The van der Waals surface area contributed by atoms with Crippen LogP contribution in [-0.2, 0) is 33.4 Å². The van der Waals surface area contributed by atoms with E-state index in [4.69, 9.17) is 14.2 Å². The summed E-state index contributed by atoms with van der Waals surface area (Å²) in [5.74, 6) is -10.2. The number of carbonyl (C=O) groups excluding carboxylic acids is 7. The van der Waals surface area contributed by atoms with Gasteiger partial charge in [0.1, 0.15) is 29.8 Å². The zero-order chi connectivity index (χ0) is 39.1. The molecule has 0 radical (unpaired) electrons. The van der Waals surface area contributed by atoms with Gasteiger partial charge in [0.15, 0.2) is 34.3 Å². The van der Waals surface area contributed by atoms with E-state index in [2.05, 4.69) is 0 Å². The quantitative estimate of drug-likeness (QED) is 0.167. The largest absolute Gasteiger partial charge is 0.507 e. The molecule has 0 aromatic heterocycles. The molecule has 1 saturated carbocycles. The molecule has 1 saturated heterocycles. The van der Waals surface area contributed by atoms with Gasteiger partial charge in [-0.05, 0) is 45.9 Å². The van der Waals surface area contributed by atoms with Crippen LogP contribution in [0.15, 0.2) is 35.4 Å². The zero-order valence-corrected chi connectivity index (χ0v) is 29.4. The monoisotopic (exact) mass is 732 g/mol. The van der Waals surface area contributed by atoms with E-state index in [0.29, 0.717) is 0 Å². The van der Waals surface area contributed by atoms with Crippen molar-refractivity contribution in [1.29, 1.82) is 0 Å². The van der Waals surface area contributed by atoms with Crippen molar-refractivity contribution in [3.8, 4) is 22.6 Å². The van der Waals surface area contributed by atoms with E-state index in [0.717, 1.165) is 19.9 Å². The third-order valence-electron chi connectivity index (χ3n) is 11.4. The highest BCUT2D eigenvalue weighted by Crippen LogP contribution is 2.71. The number of allylic oxidation sites excluding steroid dienone is 1. The van der Waals surface area contributed by atoms with E-state index < -0.39 is 134 Å². The SMILES string of the molecule is CC(=O)O[C@@H](C)[C@@H]1C2=C(C(=O)C[C@]1(C)O)C(=O)c1c(ccc(-c3ccc4c(c3O)[C@H](O)[C@]35O[C@@]3(C4=O)[C@@H]([C@@H](C)OC(C)=O)[C@@](C)(O)CC5=O)c1O)C2=O. The van der Waals surface area contributed by atoms with E-state index in [9.17, 15) is 59.1 Å². The van der Waals surface area contributed by atoms with Gasteiger partial charge in [-0.2, -0.15) is 0 Å². The summed E-state index contributed by atoms with van der Waals surface area (Å²) in [6.45, 7) is 7.65. The number of benzene rings is 2. The first-order valence-electron chi connectivity index (χ1n) is 16.9. The Morgan fingerprint density at radius 2 is 1.32 bits per heavy atom. The van der Waals surface area contributed by atoms with Crippen LogP contribution in [0, 0.1) is 11.8 Å². The highest BCUT2D eigenvalue weighted by molar-refractivity contribution is 6.38. The van der Waals surface area contributed by atoms with Crippen LogP contribution in [0.3, 0.4) is 0 Å². The minimum atomic E-state index is -2.26. The fourth-order valence-electron chi connectivity index (χ4n) is 9.64. The summed E-state index contributed by atoms with van der Waals surface area (Å²) in [6, 6.07) is 4.74. The molecule has 53 heavy (non-hydrogen) atoms. The molecule has 278 valence electrons. The molecule has 9 atom stereocenters. The number of epoxide rings is 1. The first-order chi connectivity index (χ1) is 24.6. The lowest BCUT2D eigenvalue weighted by Gasteiger charge is -2.46. The Morgan fingerprint density at radius 3 is 1.92 bits per heavy atom. The Hall–Kier alpha value is -5.09. The van der Waals surface area contributed by atoms with Gasteiger partial charge in [-0.25, -0.2) is 0 Å². The number of aliphatic hydroxyl groups excluding tert-OH is 1. The molecular formula is C38H36O15. The van der Waals surface area contributed by atoms with Crippen LogP contribution in [0.25, 0.3) is 11.1 Å². The van der Waals surface area contributed by atoms with Crippen LogP contribution in [-0.4, -0.2) is 101 Å². The molecule has 0 amide bonds. The van der Waals surface area contributed by atoms with Crippen molar-refractivity contribution in [3.63, 3.8) is 0 Å². The predicted octanol–water partition coefficient (Wildman–Crippen LogP) is 1.76. The predicted molar refractivity (Wildman–Crippen MR) is 177 cm³/mol. The van der Waals surface area contributed by atoms with E-state index in [-0.39, 0.29) is 27.8 Å². The van der Waals surface area contributed by atoms with Gasteiger partial charge in [0, 0.05) is 60.1 Å². The van der Waals surface area contributed by atoms with Crippen LogP contribution < -0.4 is 0 Å². The average Bonchev–Trinajstić information content (AvgIpc) is 3.73. The van der Waals surface area contributed by atoms with Gasteiger partial charge in [0.2, 0.25) is 5.78 Å². The van der Waals surface area contributed by atoms with E-state index in [1.165, 1.54) is 45.9 Å². The smallest absolute Gasteiger partial charge is 0.302 e. The lowest BCUT2D eigenvalue weighted by molar-refractivity contribution is -0.162. The Kier molecular flexibility index (Phi) is 7.67. The van der Waals surface area contributed by atoms with Gasteiger partial charge in [0.25, 0.3) is 0 Å². The van der Waals surface area contributed by atoms with Gasteiger partial charge < -0.3 is 39.7 Å². The number of hydrogen-bond acceptors (Lipinski definition) is 15. The van der Waals surface area contributed by atoms with Crippen LogP contribution in [0.5, 0.6) is 11.5 Å². The van der Waals surface area contributed by atoms with Gasteiger partial charge in [-0.1, -0.05) is 6.07 Å². The third-order valence-corrected chi connectivity index (χ3v) is 11.4. The topological polar surface area (TPSA) is 252 Å². The molecule has 0 unspecified atom stereocenters. The van der Waals surface area contributed by atoms with Gasteiger partial charge in [-0.3, -0.25) is 33.6 Å². The van der Waals surface area contributed by atoms with E-state index >= 15 is 0 Å². The maximum Gasteiger partial charge on any atom is 0.302 e. The van der Waals surface area contributed by atoms with Crippen molar-refractivity contribution in [1.82, 2.24) is 0 Å². The van der Waals surface area contributed by atoms with Crippen LogP contribution >= 0.6 is 0 Å². The minimum absolute atomic E-state index is 0.236. The summed E-state index contributed by atoms with van der Waals surface area (Å²) < 4.78 is 16.5. The Labute approximate surface area is 301 Å². The highest BCUT2D eigenvalue weighted by atomic mass is 16.7. The molecule has 2 aromatic carbocycles. The molecule has 1 heterocycles. The van der Waals surface area contributed by atoms with Gasteiger partial charge in [-0.15, -0.1) is 0 Å². The number of aliphatic hydroxyl groups is 3. The van der Waals surface area contributed by atoms with Crippen LogP contribution in [0.2, 0.25) is 0 Å². The number of rotatable bonds is 5. The van der Waals surface area contributed by atoms with Crippen molar-refractivity contribution in [2.75, 3.05) is 0 Å². The number of fused-ring (bicyclic) bond motifs is 2. The van der Waals surface area contributed by atoms with Crippen molar-refractivity contribution < 1.29 is 73.3 Å². The fourth-order valence-corrected chi connectivity index (χ4v) is 9.64. The number of esters is 2. The molecule has 15 nitrogen and oxygen atoms in total. The van der Waals surface area contributed by atoms with Gasteiger partial charge in [0.05, 0.1) is 34.2 Å². The number of ketones is 5. The molecular weight excluding hydrogens is 696 g/mol. The summed E-state index contributed by atoms with van der Waals surface area (Å²) in [4.78, 5) is 93.0. The molecule has 2 fully saturated rings. The summed E-state index contributed by atoms with van der Waals surface area (Å²) in [5, 5.41) is 57.7. The third kappa shape index (κ3) is 4.57. The molecule has 7 rings (SSSR count). The molecule has 15 heteroatoms. The molecule has 1 aliphatic heterocycles. The molecule has 0 spiro atoms.